The summed E-state index contributed by atoms with van der Waals surface area (Å²) >= 11 is 0. The Hall–Kier alpha value is -0.370. The van der Waals surface area contributed by atoms with Crippen LogP contribution in [0.1, 0.15) is 33.1 Å². The number of rotatable bonds is 4. The summed E-state index contributed by atoms with van der Waals surface area (Å²) in [5.41, 5.74) is 5.76. The second-order valence-corrected chi connectivity index (χ2v) is 3.59. The van der Waals surface area contributed by atoms with Gasteiger partial charge in [-0.25, -0.2) is 0 Å². The molecule has 0 radical (unpaired) electrons. The SMILES string of the molecule is CC[C@H](C)[C@H](N)C(=O)C1CC1. The lowest BCUT2D eigenvalue weighted by atomic mass is 9.94. The van der Waals surface area contributed by atoms with Crippen LogP contribution >= 0.6 is 0 Å². The lowest BCUT2D eigenvalue weighted by molar-refractivity contribution is -0.122. The van der Waals surface area contributed by atoms with E-state index >= 15 is 0 Å². The van der Waals surface area contributed by atoms with E-state index in [2.05, 4.69) is 6.92 Å². The second-order valence-electron chi connectivity index (χ2n) is 3.59. The van der Waals surface area contributed by atoms with Crippen LogP contribution in [0.25, 0.3) is 0 Å². The summed E-state index contributed by atoms with van der Waals surface area (Å²) in [5.74, 6) is 0.960. The van der Waals surface area contributed by atoms with Crippen molar-refractivity contribution in [2.24, 2.45) is 17.6 Å². The third kappa shape index (κ3) is 2.03. The quantitative estimate of drug-likeness (QED) is 0.665. The molecule has 64 valence electrons. The standard InChI is InChI=1S/C9H17NO/c1-3-6(2)8(10)9(11)7-4-5-7/h6-8H,3-5,10H2,1-2H3/t6-,8-/m0/s1. The molecule has 1 saturated carbocycles. The van der Waals surface area contributed by atoms with Crippen LogP contribution in [0.4, 0.5) is 0 Å². The first-order valence-electron chi connectivity index (χ1n) is 4.46. The zero-order valence-corrected chi connectivity index (χ0v) is 7.34. The monoisotopic (exact) mass is 155 g/mol. The molecule has 1 fully saturated rings. The van der Waals surface area contributed by atoms with Crippen molar-refractivity contribution in [3.8, 4) is 0 Å². The Kier molecular flexibility index (Phi) is 2.66. The van der Waals surface area contributed by atoms with Crippen molar-refractivity contribution >= 4 is 5.78 Å². The van der Waals surface area contributed by atoms with Crippen molar-refractivity contribution in [1.82, 2.24) is 0 Å². The van der Waals surface area contributed by atoms with E-state index in [4.69, 9.17) is 5.73 Å². The van der Waals surface area contributed by atoms with E-state index in [-0.39, 0.29) is 6.04 Å². The van der Waals surface area contributed by atoms with Gasteiger partial charge in [-0.2, -0.15) is 0 Å². The van der Waals surface area contributed by atoms with E-state index in [1.165, 1.54) is 0 Å². The van der Waals surface area contributed by atoms with Crippen LogP contribution in [-0.2, 0) is 4.79 Å². The molecule has 0 unspecified atom stereocenters. The smallest absolute Gasteiger partial charge is 0.152 e. The van der Waals surface area contributed by atoms with E-state index in [1.807, 2.05) is 6.92 Å². The summed E-state index contributed by atoms with van der Waals surface area (Å²) in [4.78, 5) is 11.4. The molecule has 1 aliphatic rings. The van der Waals surface area contributed by atoms with Gasteiger partial charge in [-0.05, 0) is 18.8 Å². The van der Waals surface area contributed by atoms with E-state index in [0.717, 1.165) is 19.3 Å². The van der Waals surface area contributed by atoms with E-state index in [0.29, 0.717) is 17.6 Å². The molecule has 0 bridgehead atoms. The van der Waals surface area contributed by atoms with Crippen molar-refractivity contribution in [2.75, 3.05) is 0 Å². The van der Waals surface area contributed by atoms with Gasteiger partial charge in [0.05, 0.1) is 6.04 Å². The molecule has 2 atom stereocenters. The molecule has 0 aromatic carbocycles. The molecule has 1 rings (SSSR count). The van der Waals surface area contributed by atoms with Gasteiger partial charge in [0.15, 0.2) is 5.78 Å². The van der Waals surface area contributed by atoms with Crippen molar-refractivity contribution in [3.63, 3.8) is 0 Å². The molecule has 0 aromatic rings. The Bertz CT molecular complexity index is 152. The number of hydrogen-bond donors (Lipinski definition) is 1. The fraction of sp³-hybridized carbons (Fsp3) is 0.889. The Morgan fingerprint density at radius 1 is 1.64 bits per heavy atom. The molecule has 11 heavy (non-hydrogen) atoms. The first kappa shape index (κ1) is 8.72. The number of Topliss-reactive ketones (excluding diaryl/α,β-unsaturated/α-hetero) is 1. The molecule has 1 aliphatic carbocycles. The zero-order valence-electron chi connectivity index (χ0n) is 7.34. The minimum Gasteiger partial charge on any atom is -0.321 e. The molecule has 0 saturated heterocycles. The van der Waals surface area contributed by atoms with Crippen LogP contribution in [0, 0.1) is 11.8 Å². The van der Waals surface area contributed by atoms with Crippen LogP contribution in [0.2, 0.25) is 0 Å². The Balaban J connectivity index is 2.38. The normalized spacial score (nSPS) is 22.8. The molecule has 0 heterocycles. The minimum atomic E-state index is -0.201. The molecule has 0 aromatic heterocycles. The van der Waals surface area contributed by atoms with Gasteiger partial charge < -0.3 is 5.73 Å². The Morgan fingerprint density at radius 3 is 2.55 bits per heavy atom. The predicted octanol–water partition coefficient (Wildman–Crippen LogP) is 1.34. The highest BCUT2D eigenvalue weighted by Gasteiger charge is 2.34. The highest BCUT2D eigenvalue weighted by molar-refractivity contribution is 5.88. The van der Waals surface area contributed by atoms with Crippen LogP contribution in [0.3, 0.4) is 0 Å². The van der Waals surface area contributed by atoms with Gasteiger partial charge in [-0.15, -0.1) is 0 Å². The Labute approximate surface area is 68.2 Å². The summed E-state index contributed by atoms with van der Waals surface area (Å²) in [5, 5.41) is 0. The van der Waals surface area contributed by atoms with Crippen LogP contribution in [0.5, 0.6) is 0 Å². The lowest BCUT2D eigenvalue weighted by Gasteiger charge is -2.16. The fourth-order valence-corrected chi connectivity index (χ4v) is 1.17. The third-order valence-electron chi connectivity index (χ3n) is 2.57. The Morgan fingerprint density at radius 2 is 2.18 bits per heavy atom. The van der Waals surface area contributed by atoms with Gasteiger partial charge in [0.25, 0.3) is 0 Å². The first-order chi connectivity index (χ1) is 5.16. The minimum absolute atomic E-state index is 0.201. The van der Waals surface area contributed by atoms with Gasteiger partial charge in [-0.3, -0.25) is 4.79 Å². The van der Waals surface area contributed by atoms with Gasteiger partial charge >= 0.3 is 0 Å². The molecular formula is C9H17NO. The maximum absolute atomic E-state index is 11.4. The number of carbonyl (C=O) groups is 1. The molecule has 2 N–H and O–H groups in total. The molecule has 2 heteroatoms. The fourth-order valence-electron chi connectivity index (χ4n) is 1.17. The maximum atomic E-state index is 11.4. The maximum Gasteiger partial charge on any atom is 0.152 e. The average molecular weight is 155 g/mol. The predicted molar refractivity (Wildman–Crippen MR) is 45.2 cm³/mol. The number of ketones is 1. The molecule has 0 amide bonds. The number of carbonyl (C=O) groups excluding carboxylic acids is 1. The van der Waals surface area contributed by atoms with Crippen LogP contribution < -0.4 is 5.73 Å². The van der Waals surface area contributed by atoms with Crippen LogP contribution in [0.15, 0.2) is 0 Å². The molecular weight excluding hydrogens is 138 g/mol. The largest absolute Gasteiger partial charge is 0.321 e. The summed E-state index contributed by atoms with van der Waals surface area (Å²) < 4.78 is 0. The lowest BCUT2D eigenvalue weighted by Crippen LogP contribution is -2.37. The van der Waals surface area contributed by atoms with Crippen molar-refractivity contribution in [2.45, 2.75) is 39.2 Å². The zero-order chi connectivity index (χ0) is 8.43. The van der Waals surface area contributed by atoms with Crippen molar-refractivity contribution in [3.05, 3.63) is 0 Å². The summed E-state index contributed by atoms with van der Waals surface area (Å²) in [6, 6.07) is -0.201. The number of nitrogens with two attached hydrogens (primary N) is 1. The summed E-state index contributed by atoms with van der Waals surface area (Å²) in [6.07, 6.45) is 3.14. The van der Waals surface area contributed by atoms with E-state index in [1.54, 1.807) is 0 Å². The first-order valence-corrected chi connectivity index (χ1v) is 4.46. The highest BCUT2D eigenvalue weighted by Crippen LogP contribution is 2.31. The average Bonchev–Trinajstić information content (AvgIpc) is 2.82. The topological polar surface area (TPSA) is 43.1 Å². The molecule has 2 nitrogen and oxygen atoms in total. The molecule has 0 spiro atoms. The number of hydrogen-bond acceptors (Lipinski definition) is 2. The summed E-state index contributed by atoms with van der Waals surface area (Å²) in [6.45, 7) is 4.12. The van der Waals surface area contributed by atoms with Crippen LogP contribution in [-0.4, -0.2) is 11.8 Å². The third-order valence-corrected chi connectivity index (χ3v) is 2.57. The van der Waals surface area contributed by atoms with Gasteiger partial charge in [0.1, 0.15) is 0 Å². The molecule has 0 aliphatic heterocycles. The van der Waals surface area contributed by atoms with Gasteiger partial charge in [-0.1, -0.05) is 20.3 Å². The van der Waals surface area contributed by atoms with Gasteiger partial charge in [0.2, 0.25) is 0 Å². The van der Waals surface area contributed by atoms with Crippen molar-refractivity contribution < 1.29 is 4.79 Å². The van der Waals surface area contributed by atoms with E-state index in [9.17, 15) is 4.79 Å². The second kappa shape index (κ2) is 3.35. The summed E-state index contributed by atoms with van der Waals surface area (Å²) in [7, 11) is 0. The highest BCUT2D eigenvalue weighted by atomic mass is 16.1. The van der Waals surface area contributed by atoms with Crippen molar-refractivity contribution in [1.29, 1.82) is 0 Å². The van der Waals surface area contributed by atoms with Gasteiger partial charge in [0, 0.05) is 5.92 Å². The van der Waals surface area contributed by atoms with E-state index < -0.39 is 0 Å².